The smallest absolute Gasteiger partial charge is 0.263 e. The second kappa shape index (κ2) is 6.85. The van der Waals surface area contributed by atoms with Gasteiger partial charge in [-0.05, 0) is 18.2 Å². The normalized spacial score (nSPS) is 10.7. The maximum atomic E-state index is 3.28. The van der Waals surface area contributed by atoms with Gasteiger partial charge in [-0.25, -0.2) is 0 Å². The Morgan fingerprint density at radius 3 is 2.45 bits per heavy atom. The molecule has 0 amide bonds. The molecule has 0 aliphatic carbocycles. The molecule has 0 spiro atoms. The van der Waals surface area contributed by atoms with Crippen molar-refractivity contribution in [3.8, 4) is 0 Å². The topological polar surface area (TPSA) is 15.9 Å². The first-order chi connectivity index (χ1) is 9.34. The fraction of sp³-hybridized carbons (Fsp3) is 0.0625. The van der Waals surface area contributed by atoms with Crippen LogP contribution in [0.4, 0.5) is 5.69 Å². The Morgan fingerprint density at radius 1 is 1.00 bits per heavy atom. The number of halogens is 1. The van der Waals surface area contributed by atoms with Crippen molar-refractivity contribution in [3.63, 3.8) is 0 Å². The van der Waals surface area contributed by atoms with Crippen molar-refractivity contribution in [2.24, 2.45) is 7.05 Å². The van der Waals surface area contributed by atoms with Gasteiger partial charge in [0.1, 0.15) is 11.7 Å². The van der Waals surface area contributed by atoms with Crippen LogP contribution in [0.3, 0.4) is 0 Å². The molecule has 0 radical (unpaired) electrons. The van der Waals surface area contributed by atoms with E-state index >= 15 is 0 Å². The number of rotatable bonds is 3. The summed E-state index contributed by atoms with van der Waals surface area (Å²) in [6.45, 7) is 0. The summed E-state index contributed by atoms with van der Waals surface area (Å²) in [7, 11) is 2.10. The molecule has 4 heteroatoms. The maximum Gasteiger partial charge on any atom is 0.263 e. The van der Waals surface area contributed by atoms with E-state index in [4.69, 9.17) is 0 Å². The zero-order valence-corrected chi connectivity index (χ0v) is 14.1. The number of nitrogens with one attached hydrogen (secondary N) is 1. The van der Waals surface area contributed by atoms with Crippen molar-refractivity contribution in [2.75, 3.05) is 5.32 Å². The van der Waals surface area contributed by atoms with Crippen molar-refractivity contribution in [1.82, 2.24) is 0 Å². The average Bonchev–Trinajstić information content (AvgIpc) is 2.78. The zero-order chi connectivity index (χ0) is 13.1. The molecule has 0 fully saturated rings. The lowest BCUT2D eigenvalue weighted by molar-refractivity contribution is -0.642. The highest BCUT2D eigenvalue weighted by molar-refractivity contribution is 7.18. The highest BCUT2D eigenvalue weighted by Gasteiger charge is 2.12. The first-order valence-corrected chi connectivity index (χ1v) is 7.02. The van der Waals surface area contributed by atoms with Gasteiger partial charge in [-0.2, -0.15) is 4.57 Å². The van der Waals surface area contributed by atoms with E-state index in [-0.39, 0.29) is 24.0 Å². The number of aromatic nitrogens is 1. The van der Waals surface area contributed by atoms with E-state index in [2.05, 4.69) is 59.4 Å². The van der Waals surface area contributed by atoms with Gasteiger partial charge in [-0.1, -0.05) is 41.7 Å². The number of hydrogen-bond donors (Lipinski definition) is 1. The van der Waals surface area contributed by atoms with Crippen LogP contribution in [0.2, 0.25) is 0 Å². The second-order valence-corrected chi connectivity index (χ2v) is 5.37. The lowest BCUT2D eigenvalue weighted by Crippen LogP contribution is -3.00. The van der Waals surface area contributed by atoms with Crippen LogP contribution in [0.1, 0.15) is 5.01 Å². The molecule has 0 bridgehead atoms. The molecule has 3 rings (SSSR count). The summed E-state index contributed by atoms with van der Waals surface area (Å²) in [6, 6.07) is 18.6. The van der Waals surface area contributed by atoms with Crippen LogP contribution in [0.15, 0.2) is 60.8 Å². The number of aryl methyl sites for hydroxylation is 1. The van der Waals surface area contributed by atoms with Crippen molar-refractivity contribution in [1.29, 1.82) is 0 Å². The Labute approximate surface area is 139 Å². The molecule has 2 aromatic carbocycles. The number of anilines is 1. The summed E-state index contributed by atoms with van der Waals surface area (Å²) in [6.07, 6.45) is 4.09. The molecule has 0 aliphatic heterocycles. The fourth-order valence-corrected chi connectivity index (χ4v) is 3.06. The predicted molar refractivity (Wildman–Crippen MR) is 82.1 cm³/mol. The van der Waals surface area contributed by atoms with Gasteiger partial charge in [0.05, 0.1) is 0 Å². The molecule has 3 aromatic rings. The van der Waals surface area contributed by atoms with Crippen LogP contribution in [0.5, 0.6) is 0 Å². The summed E-state index contributed by atoms with van der Waals surface area (Å²) >= 11 is 1.80. The highest BCUT2D eigenvalue weighted by atomic mass is 127. The van der Waals surface area contributed by atoms with Gasteiger partial charge in [-0.15, -0.1) is 0 Å². The standard InChI is InChI=1S/C16H14N2S.HI/c1-18-14-9-5-6-10-15(14)19-16(18)11-12-17-13-7-3-2-4-8-13;/h2-12H,1H3;1H. The molecule has 1 aromatic heterocycles. The van der Waals surface area contributed by atoms with E-state index in [0.717, 1.165) is 5.69 Å². The number of nitrogens with zero attached hydrogens (tertiary/aromatic N) is 1. The molecule has 0 aliphatic rings. The van der Waals surface area contributed by atoms with E-state index in [1.54, 1.807) is 11.3 Å². The first-order valence-electron chi connectivity index (χ1n) is 6.20. The SMILES string of the molecule is C[n+]1c(/C=C/Nc2ccccc2)sc2ccccc21.[I-]. The average molecular weight is 394 g/mol. The third kappa shape index (κ3) is 3.19. The number of hydrogen-bond acceptors (Lipinski definition) is 2. The van der Waals surface area contributed by atoms with Crippen LogP contribution < -0.4 is 33.9 Å². The van der Waals surface area contributed by atoms with Crippen LogP contribution in [0, 0.1) is 0 Å². The third-order valence-corrected chi connectivity index (χ3v) is 4.21. The molecule has 20 heavy (non-hydrogen) atoms. The van der Waals surface area contributed by atoms with Crippen LogP contribution in [0.25, 0.3) is 16.3 Å². The minimum Gasteiger partial charge on any atom is -1.00 e. The summed E-state index contributed by atoms with van der Waals surface area (Å²) in [4.78, 5) is 0. The molecule has 2 nitrogen and oxygen atoms in total. The van der Waals surface area contributed by atoms with Gasteiger partial charge in [0, 0.05) is 24.0 Å². The first kappa shape index (κ1) is 15.0. The minimum absolute atomic E-state index is 0. The molecule has 0 unspecified atom stereocenters. The molecule has 0 saturated carbocycles. The van der Waals surface area contributed by atoms with E-state index in [0.29, 0.717) is 0 Å². The summed E-state index contributed by atoms with van der Waals surface area (Å²) in [5.74, 6) is 0. The van der Waals surface area contributed by atoms with Crippen molar-refractivity contribution < 1.29 is 28.5 Å². The van der Waals surface area contributed by atoms with Crippen molar-refractivity contribution >= 4 is 33.3 Å². The summed E-state index contributed by atoms with van der Waals surface area (Å²) < 4.78 is 3.52. The quantitative estimate of drug-likeness (QED) is 0.514. The Morgan fingerprint density at radius 2 is 1.70 bits per heavy atom. The molecular formula is C16H15IN2S. The van der Waals surface area contributed by atoms with Gasteiger partial charge in [-0.3, -0.25) is 0 Å². The van der Waals surface area contributed by atoms with Crippen molar-refractivity contribution in [3.05, 3.63) is 65.8 Å². The van der Waals surface area contributed by atoms with Crippen LogP contribution in [-0.4, -0.2) is 0 Å². The minimum atomic E-state index is 0. The summed E-state index contributed by atoms with van der Waals surface area (Å²) in [5.41, 5.74) is 2.37. The zero-order valence-electron chi connectivity index (χ0n) is 11.1. The van der Waals surface area contributed by atoms with E-state index < -0.39 is 0 Å². The Balaban J connectivity index is 0.00000147. The third-order valence-electron chi connectivity index (χ3n) is 3.02. The fourth-order valence-electron chi connectivity index (χ4n) is 2.01. The summed E-state index contributed by atoms with van der Waals surface area (Å²) in [5, 5.41) is 4.50. The van der Waals surface area contributed by atoms with E-state index in [9.17, 15) is 0 Å². The largest absolute Gasteiger partial charge is 1.00 e. The van der Waals surface area contributed by atoms with Gasteiger partial charge < -0.3 is 29.3 Å². The van der Waals surface area contributed by atoms with Gasteiger partial charge in [0.25, 0.3) is 5.01 Å². The van der Waals surface area contributed by atoms with E-state index in [1.165, 1.54) is 15.2 Å². The lowest BCUT2D eigenvalue weighted by atomic mass is 10.3. The Bertz CT molecular complexity index is 720. The second-order valence-electron chi connectivity index (χ2n) is 4.31. The molecule has 1 heterocycles. The molecule has 102 valence electrons. The van der Waals surface area contributed by atoms with Crippen molar-refractivity contribution in [2.45, 2.75) is 0 Å². The predicted octanol–water partition coefficient (Wildman–Crippen LogP) is 0.813. The maximum absolute atomic E-state index is 3.28. The lowest BCUT2D eigenvalue weighted by Gasteiger charge is -1.97. The van der Waals surface area contributed by atoms with Gasteiger partial charge in [0.2, 0.25) is 5.52 Å². The van der Waals surface area contributed by atoms with Crippen LogP contribution >= 0.6 is 11.3 Å². The van der Waals surface area contributed by atoms with Gasteiger partial charge in [0.15, 0.2) is 0 Å². The van der Waals surface area contributed by atoms with E-state index in [1.807, 2.05) is 24.4 Å². The molecule has 0 atom stereocenters. The Kier molecular flexibility index (Phi) is 5.14. The monoisotopic (exact) mass is 394 g/mol. The molecule has 1 N–H and O–H groups in total. The molecule has 0 saturated heterocycles. The number of thiazole rings is 1. The number of para-hydroxylation sites is 2. The molecular weight excluding hydrogens is 379 g/mol. The number of fused-ring (bicyclic) bond motifs is 1. The van der Waals surface area contributed by atoms with Crippen LogP contribution in [-0.2, 0) is 7.05 Å². The van der Waals surface area contributed by atoms with Gasteiger partial charge >= 0.3 is 0 Å². The number of benzene rings is 2. The Hall–Kier alpha value is -1.40. The highest BCUT2D eigenvalue weighted by Crippen LogP contribution is 2.20.